The smallest absolute Gasteiger partial charge is 0.316 e. The first kappa shape index (κ1) is 15.7. The van der Waals surface area contributed by atoms with E-state index in [0.29, 0.717) is 0 Å². The predicted octanol–water partition coefficient (Wildman–Crippen LogP) is 0.0559. The van der Waals surface area contributed by atoms with Gasteiger partial charge in [-0.3, -0.25) is 0 Å². The van der Waals surface area contributed by atoms with E-state index in [2.05, 4.69) is 13.8 Å². The molecule has 0 bridgehead atoms. The van der Waals surface area contributed by atoms with Crippen LogP contribution >= 0.6 is 0 Å². The van der Waals surface area contributed by atoms with E-state index in [1.54, 1.807) is 0 Å². The summed E-state index contributed by atoms with van der Waals surface area (Å²) in [5.74, 6) is 0. The third kappa shape index (κ3) is 18.3. The maximum absolute atomic E-state index is 3.60. The summed E-state index contributed by atoms with van der Waals surface area (Å²) in [5, 5.41) is 0. The standard InChI is InChI=1S/C4H9.Li.Mg.3H/c1-3-4-2;;;;;/h1,3-4H2,2H3;;;;;. The first-order chi connectivity index (χ1) is 1.91. The van der Waals surface area contributed by atoms with Gasteiger partial charge in [0, 0.05) is 0 Å². The maximum Gasteiger partial charge on any atom is 0.316 e. The molecule has 31 valence electrons. The van der Waals surface area contributed by atoms with Crippen molar-refractivity contribution in [3.63, 3.8) is 0 Å². The molecule has 0 saturated carbocycles. The van der Waals surface area contributed by atoms with Crippen LogP contribution in [0, 0.1) is 6.92 Å². The van der Waals surface area contributed by atoms with Gasteiger partial charge in [-0.15, -0.1) is 0 Å². The Morgan fingerprint density at radius 2 is 1.67 bits per heavy atom. The SMILES string of the molecule is [CH2]CCC.[LiH].[MgH2]. The number of unbranched alkanes of at least 4 members (excludes halogenated alkanes) is 1. The average molecular weight is 91.4 g/mol. The fourth-order valence-electron chi connectivity index (χ4n) is 0. The summed E-state index contributed by atoms with van der Waals surface area (Å²) in [5.41, 5.74) is 0. The molecule has 0 nitrogen and oxygen atoms in total. The summed E-state index contributed by atoms with van der Waals surface area (Å²) in [6.07, 6.45) is 2.28. The van der Waals surface area contributed by atoms with Gasteiger partial charge in [-0.1, -0.05) is 26.7 Å². The van der Waals surface area contributed by atoms with E-state index in [9.17, 15) is 0 Å². The van der Waals surface area contributed by atoms with Crippen LogP contribution in [0.15, 0.2) is 0 Å². The van der Waals surface area contributed by atoms with E-state index in [1.807, 2.05) is 0 Å². The molecule has 0 aliphatic rings. The van der Waals surface area contributed by atoms with Gasteiger partial charge in [0.05, 0.1) is 0 Å². The van der Waals surface area contributed by atoms with E-state index in [0.717, 1.165) is 6.42 Å². The molecule has 0 aliphatic carbocycles. The molecule has 6 heavy (non-hydrogen) atoms. The van der Waals surface area contributed by atoms with Gasteiger partial charge in [0.25, 0.3) is 0 Å². The third-order valence-electron chi connectivity index (χ3n) is 0.354. The second-order valence-corrected chi connectivity index (χ2v) is 0.854. The third-order valence-corrected chi connectivity index (χ3v) is 0.354. The minimum atomic E-state index is 0. The summed E-state index contributed by atoms with van der Waals surface area (Å²) in [6, 6.07) is 0. The van der Waals surface area contributed by atoms with Crippen molar-refractivity contribution in [2.45, 2.75) is 19.8 Å². The van der Waals surface area contributed by atoms with E-state index in [4.69, 9.17) is 0 Å². The molecule has 1 radical (unpaired) electrons. The van der Waals surface area contributed by atoms with Crippen LogP contribution in [0.1, 0.15) is 19.8 Å². The van der Waals surface area contributed by atoms with Crippen LogP contribution in [0.5, 0.6) is 0 Å². The van der Waals surface area contributed by atoms with Crippen molar-refractivity contribution in [1.82, 2.24) is 0 Å². The topological polar surface area (TPSA) is 0 Å². The second-order valence-electron chi connectivity index (χ2n) is 0.854. The molecule has 0 aromatic carbocycles. The van der Waals surface area contributed by atoms with Gasteiger partial charge < -0.3 is 0 Å². The molecule has 2 heteroatoms. The van der Waals surface area contributed by atoms with Crippen LogP contribution in [0.3, 0.4) is 0 Å². The van der Waals surface area contributed by atoms with Gasteiger partial charge in [0.1, 0.15) is 0 Å². The van der Waals surface area contributed by atoms with E-state index in [-0.39, 0.29) is 41.9 Å². The normalized spacial score (nSPS) is 5.00. The Morgan fingerprint density at radius 3 is 1.67 bits per heavy atom. The summed E-state index contributed by atoms with van der Waals surface area (Å²) >= 11 is 0. The Kier molecular flexibility index (Phi) is 42.2. The zero-order valence-electron chi connectivity index (χ0n) is 3.12. The molecule has 0 saturated heterocycles. The van der Waals surface area contributed by atoms with Crippen molar-refractivity contribution in [2.24, 2.45) is 0 Å². The van der Waals surface area contributed by atoms with Crippen LogP contribution in [0.2, 0.25) is 0 Å². The molecule has 0 spiro atoms. The minimum absolute atomic E-state index is 0. The summed E-state index contributed by atoms with van der Waals surface area (Å²) in [7, 11) is 0. The van der Waals surface area contributed by atoms with Crippen molar-refractivity contribution in [3.8, 4) is 0 Å². The molecule has 0 aromatic rings. The van der Waals surface area contributed by atoms with E-state index < -0.39 is 0 Å². The van der Waals surface area contributed by atoms with Gasteiger partial charge >= 0.3 is 41.9 Å². The average Bonchev–Trinajstić information content (AvgIpc) is 1.37. The zero-order valence-corrected chi connectivity index (χ0v) is 3.12. The monoisotopic (exact) mass is 91.1 g/mol. The number of rotatable bonds is 1. The first-order valence-electron chi connectivity index (χ1n) is 1.71. The van der Waals surface area contributed by atoms with Crippen molar-refractivity contribution in [2.75, 3.05) is 0 Å². The molecule has 0 amide bonds. The van der Waals surface area contributed by atoms with Gasteiger partial charge in [0.15, 0.2) is 0 Å². The maximum atomic E-state index is 3.60. The first-order valence-corrected chi connectivity index (χ1v) is 1.71. The van der Waals surface area contributed by atoms with Crippen molar-refractivity contribution in [1.29, 1.82) is 0 Å². The van der Waals surface area contributed by atoms with Crippen molar-refractivity contribution >= 4 is 41.9 Å². The van der Waals surface area contributed by atoms with Crippen LogP contribution < -0.4 is 0 Å². The molecule has 0 aromatic heterocycles. The van der Waals surface area contributed by atoms with Crippen LogP contribution in [0.25, 0.3) is 0 Å². The fraction of sp³-hybridized carbons (Fsp3) is 0.750. The molecular formula is C4H12LiMg. The van der Waals surface area contributed by atoms with E-state index >= 15 is 0 Å². The number of hydrogen-bond donors (Lipinski definition) is 0. The molecule has 0 N–H and O–H groups in total. The Hall–Kier alpha value is 1.36. The summed E-state index contributed by atoms with van der Waals surface area (Å²) in [4.78, 5) is 0. The quantitative estimate of drug-likeness (QED) is 0.400. The van der Waals surface area contributed by atoms with Gasteiger partial charge in [0.2, 0.25) is 0 Å². The zero-order chi connectivity index (χ0) is 3.41. The molecule has 0 unspecified atom stereocenters. The van der Waals surface area contributed by atoms with Crippen LogP contribution in [-0.4, -0.2) is 41.9 Å². The van der Waals surface area contributed by atoms with E-state index in [1.165, 1.54) is 6.42 Å². The Morgan fingerprint density at radius 1 is 1.50 bits per heavy atom. The van der Waals surface area contributed by atoms with Gasteiger partial charge in [-0.25, -0.2) is 0 Å². The largest absolute Gasteiger partial charge is 0.316 e. The number of hydrogen-bond acceptors (Lipinski definition) is 0. The predicted molar refractivity (Wildman–Crippen MR) is 36.0 cm³/mol. The van der Waals surface area contributed by atoms with Crippen molar-refractivity contribution < 1.29 is 0 Å². The van der Waals surface area contributed by atoms with Gasteiger partial charge in [-0.2, -0.15) is 0 Å². The van der Waals surface area contributed by atoms with Gasteiger partial charge in [-0.05, 0) is 0 Å². The molecule has 0 fully saturated rings. The van der Waals surface area contributed by atoms with Crippen LogP contribution in [-0.2, 0) is 0 Å². The molecule has 0 rings (SSSR count). The summed E-state index contributed by atoms with van der Waals surface area (Å²) in [6.45, 7) is 5.72. The summed E-state index contributed by atoms with van der Waals surface area (Å²) < 4.78 is 0. The molecule has 0 heterocycles. The Labute approximate surface area is 68.4 Å². The fourth-order valence-corrected chi connectivity index (χ4v) is 0. The Balaban J connectivity index is -0.0000000450. The van der Waals surface area contributed by atoms with Crippen molar-refractivity contribution in [3.05, 3.63) is 6.92 Å². The molecule has 0 aliphatic heterocycles. The minimum Gasteiger partial charge on any atom is 0.316 e. The Bertz CT molecular complexity index is 9.51. The molecule has 0 atom stereocenters. The molecular weight excluding hydrogens is 79.3 g/mol. The van der Waals surface area contributed by atoms with Crippen LogP contribution in [0.4, 0.5) is 0 Å². The second kappa shape index (κ2) is 16.2.